The zero-order chi connectivity index (χ0) is 27.2. The number of hydrogen-bond donors (Lipinski definition) is 1. The van der Waals surface area contributed by atoms with Crippen LogP contribution in [0.25, 0.3) is 0 Å². The van der Waals surface area contributed by atoms with Gasteiger partial charge in [0.05, 0.1) is 18.7 Å². The third-order valence-corrected chi connectivity index (χ3v) is 8.22. The third-order valence-electron chi connectivity index (χ3n) is 7.21. The Bertz CT molecular complexity index is 1280. The SMILES string of the molecule is COc1ccc(C(=O)CNC(=O)c2csc(C3CCN(C(=O)N4CCN(c5ccccn5)CC4)CC3)n2)cc1. The summed E-state index contributed by atoms with van der Waals surface area (Å²) in [5.74, 6) is 1.28. The van der Waals surface area contributed by atoms with Gasteiger partial charge in [0.15, 0.2) is 5.78 Å². The highest BCUT2D eigenvalue weighted by Gasteiger charge is 2.30. The molecule has 1 N–H and O–H groups in total. The second-order valence-corrected chi connectivity index (χ2v) is 10.5. The van der Waals surface area contributed by atoms with Crippen molar-refractivity contribution >= 4 is 34.9 Å². The summed E-state index contributed by atoms with van der Waals surface area (Å²) < 4.78 is 5.11. The highest BCUT2D eigenvalue weighted by Crippen LogP contribution is 2.31. The van der Waals surface area contributed by atoms with Crippen LogP contribution in [0.5, 0.6) is 5.75 Å². The molecule has 0 aliphatic carbocycles. The molecule has 10 nitrogen and oxygen atoms in total. The average molecular weight is 549 g/mol. The molecule has 0 spiro atoms. The van der Waals surface area contributed by atoms with Crippen LogP contribution in [-0.2, 0) is 0 Å². The molecule has 11 heteroatoms. The maximum Gasteiger partial charge on any atom is 0.320 e. The minimum Gasteiger partial charge on any atom is -0.497 e. The number of hydrogen-bond acceptors (Lipinski definition) is 8. The number of anilines is 1. The number of pyridine rings is 1. The minimum absolute atomic E-state index is 0.0925. The molecule has 3 amide bonds. The number of benzene rings is 1. The van der Waals surface area contributed by atoms with E-state index < -0.39 is 0 Å². The number of urea groups is 1. The number of nitrogens with one attached hydrogen (secondary N) is 1. The summed E-state index contributed by atoms with van der Waals surface area (Å²) >= 11 is 1.46. The van der Waals surface area contributed by atoms with E-state index in [1.165, 1.54) is 11.3 Å². The van der Waals surface area contributed by atoms with Crippen molar-refractivity contribution in [1.82, 2.24) is 25.1 Å². The predicted molar refractivity (Wildman–Crippen MR) is 149 cm³/mol. The van der Waals surface area contributed by atoms with Gasteiger partial charge in [0.1, 0.15) is 17.3 Å². The number of carbonyl (C=O) groups is 3. The van der Waals surface area contributed by atoms with Crippen LogP contribution >= 0.6 is 11.3 Å². The van der Waals surface area contributed by atoms with Crippen LogP contribution in [0.1, 0.15) is 44.6 Å². The number of ether oxygens (including phenoxy) is 1. The van der Waals surface area contributed by atoms with E-state index in [9.17, 15) is 14.4 Å². The molecule has 1 aromatic carbocycles. The van der Waals surface area contributed by atoms with Gasteiger partial charge in [-0.1, -0.05) is 6.07 Å². The molecule has 0 atom stereocenters. The summed E-state index contributed by atoms with van der Waals surface area (Å²) in [6, 6.07) is 12.7. The standard InChI is InChI=1S/C28H32N6O4S/c1-38-22-7-5-20(6-8-22)24(35)18-30-26(36)23-19-39-27(31-23)21-9-12-33(13-10-21)28(37)34-16-14-32(15-17-34)25-4-2-3-11-29-25/h2-8,11,19,21H,9-10,12-18H2,1H3,(H,30,36). The summed E-state index contributed by atoms with van der Waals surface area (Å²) in [7, 11) is 1.56. The Labute approximate surface area is 231 Å². The molecule has 2 fully saturated rings. The fraction of sp³-hybridized carbons (Fsp3) is 0.393. The zero-order valence-corrected chi connectivity index (χ0v) is 22.7. The second-order valence-electron chi connectivity index (χ2n) is 9.61. The quantitative estimate of drug-likeness (QED) is 0.452. The topological polar surface area (TPSA) is 108 Å². The van der Waals surface area contributed by atoms with Gasteiger partial charge in [0, 0.05) is 62.3 Å². The number of nitrogens with zero attached hydrogens (tertiary/aromatic N) is 5. The van der Waals surface area contributed by atoms with Crippen LogP contribution in [0.2, 0.25) is 0 Å². The van der Waals surface area contributed by atoms with Gasteiger partial charge in [-0.2, -0.15) is 0 Å². The zero-order valence-electron chi connectivity index (χ0n) is 21.9. The van der Waals surface area contributed by atoms with Crippen molar-refractivity contribution in [2.75, 3.05) is 57.8 Å². The first-order chi connectivity index (χ1) is 19.0. The molecule has 39 heavy (non-hydrogen) atoms. The first kappa shape index (κ1) is 26.6. The number of rotatable bonds is 7. The molecule has 0 saturated carbocycles. The van der Waals surface area contributed by atoms with E-state index in [1.807, 2.05) is 28.0 Å². The molecule has 2 aliphatic rings. The van der Waals surface area contributed by atoms with Crippen molar-refractivity contribution in [3.63, 3.8) is 0 Å². The minimum atomic E-state index is -0.364. The maximum absolute atomic E-state index is 13.1. The molecule has 204 valence electrons. The highest BCUT2D eigenvalue weighted by atomic mass is 32.1. The number of aromatic nitrogens is 2. The maximum atomic E-state index is 13.1. The van der Waals surface area contributed by atoms with Gasteiger partial charge in [-0.25, -0.2) is 14.8 Å². The van der Waals surface area contributed by atoms with E-state index in [-0.39, 0.29) is 30.2 Å². The number of ketones is 1. The Hall–Kier alpha value is -3.99. The number of carbonyl (C=O) groups excluding carboxylic acids is 3. The predicted octanol–water partition coefficient (Wildman–Crippen LogP) is 3.28. The number of piperidine rings is 1. The van der Waals surface area contributed by atoms with Crippen LogP contribution in [0.3, 0.4) is 0 Å². The van der Waals surface area contributed by atoms with E-state index in [1.54, 1.807) is 43.0 Å². The van der Waals surface area contributed by atoms with Crippen molar-refractivity contribution < 1.29 is 19.1 Å². The van der Waals surface area contributed by atoms with Gasteiger partial charge in [-0.3, -0.25) is 9.59 Å². The number of amides is 3. The van der Waals surface area contributed by atoms with E-state index >= 15 is 0 Å². The molecule has 2 aromatic heterocycles. The molecule has 4 heterocycles. The van der Waals surface area contributed by atoms with E-state index in [2.05, 4.69) is 20.2 Å². The monoisotopic (exact) mass is 548 g/mol. The molecule has 5 rings (SSSR count). The highest BCUT2D eigenvalue weighted by molar-refractivity contribution is 7.09. The lowest BCUT2D eigenvalue weighted by Crippen LogP contribution is -2.54. The lowest BCUT2D eigenvalue weighted by atomic mass is 9.98. The summed E-state index contributed by atoms with van der Waals surface area (Å²) in [5.41, 5.74) is 0.827. The number of piperazine rings is 1. The fourth-order valence-corrected chi connectivity index (χ4v) is 5.87. The molecule has 2 saturated heterocycles. The molecule has 0 bridgehead atoms. The lowest BCUT2D eigenvalue weighted by Gasteiger charge is -2.39. The van der Waals surface area contributed by atoms with Crippen molar-refractivity contribution in [2.24, 2.45) is 0 Å². The summed E-state index contributed by atoms with van der Waals surface area (Å²) in [6.45, 7) is 4.14. The normalized spacial score (nSPS) is 16.2. The van der Waals surface area contributed by atoms with Gasteiger partial charge >= 0.3 is 6.03 Å². The van der Waals surface area contributed by atoms with Crippen LogP contribution in [0, 0.1) is 0 Å². The van der Waals surface area contributed by atoms with Crippen molar-refractivity contribution in [2.45, 2.75) is 18.8 Å². The number of thiazole rings is 1. The number of Topliss-reactive ketones (excluding diaryl/α,β-unsaturated/α-hetero) is 1. The smallest absolute Gasteiger partial charge is 0.320 e. The third kappa shape index (κ3) is 6.36. The van der Waals surface area contributed by atoms with Gasteiger partial charge in [0.25, 0.3) is 5.91 Å². The lowest BCUT2D eigenvalue weighted by molar-refractivity contribution is 0.0901. The second kappa shape index (κ2) is 12.2. The molecular formula is C28H32N6O4S. The van der Waals surface area contributed by atoms with Crippen LogP contribution in [0.4, 0.5) is 10.6 Å². The number of likely N-dealkylation sites (tertiary alicyclic amines) is 1. The van der Waals surface area contributed by atoms with Gasteiger partial charge in [-0.05, 0) is 49.2 Å². The average Bonchev–Trinajstić information content (AvgIpc) is 3.51. The Morgan fingerprint density at radius 2 is 1.69 bits per heavy atom. The van der Waals surface area contributed by atoms with Crippen molar-refractivity contribution in [3.05, 3.63) is 70.3 Å². The molecule has 3 aromatic rings. The van der Waals surface area contributed by atoms with Crippen LogP contribution in [-0.4, -0.2) is 90.4 Å². The van der Waals surface area contributed by atoms with Gasteiger partial charge < -0.3 is 24.8 Å². The van der Waals surface area contributed by atoms with Crippen molar-refractivity contribution in [1.29, 1.82) is 0 Å². The Morgan fingerprint density at radius 1 is 0.974 bits per heavy atom. The van der Waals surface area contributed by atoms with E-state index in [0.29, 0.717) is 43.2 Å². The Kier molecular flexibility index (Phi) is 8.36. The number of methoxy groups -OCH3 is 1. The van der Waals surface area contributed by atoms with Gasteiger partial charge in [0.2, 0.25) is 0 Å². The van der Waals surface area contributed by atoms with E-state index in [0.717, 1.165) is 36.8 Å². The Balaban J connectivity index is 1.07. The molecular weight excluding hydrogens is 516 g/mol. The van der Waals surface area contributed by atoms with E-state index in [4.69, 9.17) is 4.74 Å². The summed E-state index contributed by atoms with van der Waals surface area (Å²) in [5, 5.41) is 5.31. The fourth-order valence-electron chi connectivity index (χ4n) is 4.89. The van der Waals surface area contributed by atoms with Crippen molar-refractivity contribution in [3.8, 4) is 5.75 Å². The van der Waals surface area contributed by atoms with Crippen LogP contribution < -0.4 is 15.0 Å². The summed E-state index contributed by atoms with van der Waals surface area (Å²) in [4.78, 5) is 53.2. The van der Waals surface area contributed by atoms with Gasteiger partial charge in [-0.15, -0.1) is 11.3 Å². The van der Waals surface area contributed by atoms with Crippen LogP contribution in [0.15, 0.2) is 54.0 Å². The Morgan fingerprint density at radius 3 is 2.36 bits per heavy atom. The summed E-state index contributed by atoms with van der Waals surface area (Å²) in [6.07, 6.45) is 3.41. The first-order valence-corrected chi connectivity index (χ1v) is 14.0. The molecule has 0 unspecified atom stereocenters. The molecule has 2 aliphatic heterocycles. The first-order valence-electron chi connectivity index (χ1n) is 13.1. The molecule has 0 radical (unpaired) electrons. The largest absolute Gasteiger partial charge is 0.497 e.